The highest BCUT2D eigenvalue weighted by atomic mass is 16.4. The van der Waals surface area contributed by atoms with Gasteiger partial charge in [-0.05, 0) is 51.1 Å². The second kappa shape index (κ2) is 11.3. The number of carbonyl (C=O) groups excluding carboxylic acids is 1. The molecular formula is C15H32N4O4. The number of nitrogens with one attached hydrogen (secondary N) is 2. The van der Waals surface area contributed by atoms with E-state index in [9.17, 15) is 14.7 Å². The predicted molar refractivity (Wildman–Crippen MR) is 88.3 cm³/mol. The molecule has 136 valence electrons. The van der Waals surface area contributed by atoms with E-state index in [4.69, 9.17) is 10.8 Å². The van der Waals surface area contributed by atoms with Crippen molar-refractivity contribution >= 4 is 11.9 Å². The third kappa shape index (κ3) is 11.9. The van der Waals surface area contributed by atoms with Crippen molar-refractivity contribution < 1.29 is 19.8 Å². The number of carboxylic acids is 1. The molecule has 0 aliphatic heterocycles. The van der Waals surface area contributed by atoms with Crippen LogP contribution in [0.5, 0.6) is 0 Å². The van der Waals surface area contributed by atoms with Crippen LogP contribution in [0.3, 0.4) is 0 Å². The fourth-order valence-electron chi connectivity index (χ4n) is 2.03. The van der Waals surface area contributed by atoms with E-state index in [1.807, 2.05) is 0 Å². The number of nitrogens with two attached hydrogens (primary N) is 1. The predicted octanol–water partition coefficient (Wildman–Crippen LogP) is -0.123. The van der Waals surface area contributed by atoms with Gasteiger partial charge in [-0.3, -0.25) is 20.7 Å². The number of unbranched alkanes of at least 4 members (excludes halogenated alkanes) is 1. The standard InChI is InChI=1S/C15H32N4O4/c1-12(2)7-6-10-17-9-5-4-8-15(16,23)14(22)18-19(3)11-13(20)21/h12,17,23H,4-11,16H2,1-3H3,(H,18,22)(H,20,21). The molecule has 0 aliphatic carbocycles. The number of hydrogen-bond acceptors (Lipinski definition) is 6. The molecule has 8 nitrogen and oxygen atoms in total. The van der Waals surface area contributed by atoms with E-state index in [0.29, 0.717) is 12.3 Å². The summed E-state index contributed by atoms with van der Waals surface area (Å²) in [6.07, 6.45) is 3.85. The molecule has 1 atom stereocenters. The van der Waals surface area contributed by atoms with E-state index in [1.165, 1.54) is 13.5 Å². The molecule has 0 aromatic heterocycles. The SMILES string of the molecule is CC(C)CCCNCCCCC(N)(O)C(=O)NN(C)CC(=O)O. The lowest BCUT2D eigenvalue weighted by Gasteiger charge is -2.25. The Bertz CT molecular complexity index is 361. The van der Waals surface area contributed by atoms with E-state index < -0.39 is 17.6 Å². The first kappa shape index (κ1) is 21.8. The third-order valence-corrected chi connectivity index (χ3v) is 3.35. The molecule has 0 aliphatic rings. The van der Waals surface area contributed by atoms with Crippen LogP contribution in [0.25, 0.3) is 0 Å². The number of carboxylic acid groups (broad SMARTS) is 1. The number of carbonyl (C=O) groups is 2. The summed E-state index contributed by atoms with van der Waals surface area (Å²) in [7, 11) is 1.39. The third-order valence-electron chi connectivity index (χ3n) is 3.35. The Kier molecular flexibility index (Phi) is 10.7. The molecule has 0 spiro atoms. The number of hydrazine groups is 1. The Balaban J connectivity index is 3.82. The van der Waals surface area contributed by atoms with Crippen molar-refractivity contribution in [3.8, 4) is 0 Å². The first-order chi connectivity index (χ1) is 10.6. The lowest BCUT2D eigenvalue weighted by molar-refractivity contribution is -0.147. The summed E-state index contributed by atoms with van der Waals surface area (Å²) < 4.78 is 0. The molecule has 0 fully saturated rings. The Morgan fingerprint density at radius 1 is 1.22 bits per heavy atom. The molecule has 0 bridgehead atoms. The summed E-state index contributed by atoms with van der Waals surface area (Å²) >= 11 is 0. The Morgan fingerprint density at radius 2 is 1.83 bits per heavy atom. The van der Waals surface area contributed by atoms with E-state index in [-0.39, 0.29) is 13.0 Å². The molecule has 8 heteroatoms. The zero-order valence-electron chi connectivity index (χ0n) is 14.5. The zero-order chi connectivity index (χ0) is 17.9. The van der Waals surface area contributed by atoms with Crippen molar-refractivity contribution in [3.63, 3.8) is 0 Å². The largest absolute Gasteiger partial charge is 0.480 e. The number of likely N-dealkylation sites (N-methyl/N-ethyl adjacent to an activating group) is 1. The summed E-state index contributed by atoms with van der Waals surface area (Å²) in [5.74, 6) is -1.18. The molecule has 1 unspecified atom stereocenters. The maximum absolute atomic E-state index is 11.8. The number of hydrogen-bond donors (Lipinski definition) is 5. The van der Waals surface area contributed by atoms with Crippen molar-refractivity contribution in [1.29, 1.82) is 0 Å². The highest BCUT2D eigenvalue weighted by molar-refractivity contribution is 5.84. The van der Waals surface area contributed by atoms with Crippen LogP contribution in [0.2, 0.25) is 0 Å². The number of nitrogens with zero attached hydrogens (tertiary/aromatic N) is 1. The molecule has 0 aromatic rings. The van der Waals surface area contributed by atoms with Gasteiger partial charge < -0.3 is 15.5 Å². The first-order valence-corrected chi connectivity index (χ1v) is 8.11. The second-order valence-electron chi connectivity index (χ2n) is 6.36. The first-order valence-electron chi connectivity index (χ1n) is 8.11. The minimum Gasteiger partial charge on any atom is -0.480 e. The van der Waals surface area contributed by atoms with E-state index in [2.05, 4.69) is 24.6 Å². The van der Waals surface area contributed by atoms with Crippen molar-refractivity contribution in [2.24, 2.45) is 11.7 Å². The van der Waals surface area contributed by atoms with Crippen LogP contribution in [0.1, 0.15) is 46.0 Å². The minimum atomic E-state index is -2.00. The van der Waals surface area contributed by atoms with E-state index in [0.717, 1.165) is 30.9 Å². The van der Waals surface area contributed by atoms with Gasteiger partial charge in [0.25, 0.3) is 5.91 Å². The number of rotatable bonds is 13. The van der Waals surface area contributed by atoms with Crippen LogP contribution >= 0.6 is 0 Å². The van der Waals surface area contributed by atoms with Crippen LogP contribution in [0.15, 0.2) is 0 Å². The molecule has 0 radical (unpaired) electrons. The number of aliphatic hydroxyl groups is 1. The zero-order valence-corrected chi connectivity index (χ0v) is 14.5. The van der Waals surface area contributed by atoms with Crippen LogP contribution < -0.4 is 16.5 Å². The summed E-state index contributed by atoms with van der Waals surface area (Å²) in [5.41, 5.74) is 5.84. The van der Waals surface area contributed by atoms with Crippen molar-refractivity contribution in [1.82, 2.24) is 15.8 Å². The molecule has 0 heterocycles. The lowest BCUT2D eigenvalue weighted by Crippen LogP contribution is -2.58. The smallest absolute Gasteiger partial charge is 0.319 e. The molecule has 0 aromatic carbocycles. The van der Waals surface area contributed by atoms with Crippen molar-refractivity contribution in [3.05, 3.63) is 0 Å². The Morgan fingerprint density at radius 3 is 2.39 bits per heavy atom. The van der Waals surface area contributed by atoms with Crippen molar-refractivity contribution in [2.45, 2.75) is 51.7 Å². The van der Waals surface area contributed by atoms with Crippen LogP contribution in [0.4, 0.5) is 0 Å². The van der Waals surface area contributed by atoms with Gasteiger partial charge in [-0.2, -0.15) is 0 Å². The van der Waals surface area contributed by atoms with Gasteiger partial charge in [0.2, 0.25) is 0 Å². The fraction of sp³-hybridized carbons (Fsp3) is 0.867. The maximum Gasteiger partial charge on any atom is 0.319 e. The highest BCUT2D eigenvalue weighted by Gasteiger charge is 2.31. The summed E-state index contributed by atoms with van der Waals surface area (Å²) in [5, 5.41) is 22.9. The fourth-order valence-corrected chi connectivity index (χ4v) is 2.03. The number of aliphatic carboxylic acids is 1. The molecule has 1 amide bonds. The normalized spacial score (nSPS) is 14.0. The summed E-state index contributed by atoms with van der Waals surface area (Å²) in [6.45, 7) is 5.80. The van der Waals surface area contributed by atoms with Gasteiger partial charge in [0.1, 0.15) is 6.54 Å². The van der Waals surface area contributed by atoms with Crippen LogP contribution in [-0.4, -0.2) is 59.5 Å². The van der Waals surface area contributed by atoms with Crippen LogP contribution in [0, 0.1) is 5.92 Å². The van der Waals surface area contributed by atoms with Gasteiger partial charge in [-0.25, -0.2) is 5.01 Å². The molecule has 23 heavy (non-hydrogen) atoms. The molecule has 0 rings (SSSR count). The van der Waals surface area contributed by atoms with E-state index in [1.54, 1.807) is 0 Å². The second-order valence-corrected chi connectivity index (χ2v) is 6.36. The molecular weight excluding hydrogens is 300 g/mol. The van der Waals surface area contributed by atoms with Gasteiger partial charge >= 0.3 is 5.97 Å². The lowest BCUT2D eigenvalue weighted by atomic mass is 10.1. The minimum absolute atomic E-state index is 0.118. The quantitative estimate of drug-likeness (QED) is 0.181. The average molecular weight is 332 g/mol. The topological polar surface area (TPSA) is 128 Å². The summed E-state index contributed by atoms with van der Waals surface area (Å²) in [6, 6.07) is 0. The van der Waals surface area contributed by atoms with E-state index >= 15 is 0 Å². The number of amides is 1. The maximum atomic E-state index is 11.8. The Labute approximate surface area is 138 Å². The Hall–Kier alpha value is -1.22. The van der Waals surface area contributed by atoms with Gasteiger partial charge in [-0.15, -0.1) is 0 Å². The molecule has 0 saturated carbocycles. The monoisotopic (exact) mass is 332 g/mol. The van der Waals surface area contributed by atoms with Crippen molar-refractivity contribution in [2.75, 3.05) is 26.7 Å². The molecule has 6 N–H and O–H groups in total. The van der Waals surface area contributed by atoms with Gasteiger partial charge in [0, 0.05) is 7.05 Å². The van der Waals surface area contributed by atoms with Gasteiger partial charge in [0.05, 0.1) is 0 Å². The molecule has 0 saturated heterocycles. The summed E-state index contributed by atoms with van der Waals surface area (Å²) in [4.78, 5) is 22.3. The van der Waals surface area contributed by atoms with Gasteiger partial charge in [0.15, 0.2) is 5.72 Å². The van der Waals surface area contributed by atoms with Gasteiger partial charge in [-0.1, -0.05) is 13.8 Å². The highest BCUT2D eigenvalue weighted by Crippen LogP contribution is 2.08. The average Bonchev–Trinajstić information content (AvgIpc) is 2.40. The van der Waals surface area contributed by atoms with Crippen LogP contribution in [-0.2, 0) is 9.59 Å².